The third-order valence-corrected chi connectivity index (χ3v) is 4.38. The minimum absolute atomic E-state index is 0.108. The molecule has 0 spiro atoms. The minimum atomic E-state index is -0.222. The second-order valence-corrected chi connectivity index (χ2v) is 6.96. The average molecular weight is 290 g/mol. The first-order valence-corrected chi connectivity index (χ1v) is 8.15. The molecule has 1 aliphatic rings. The zero-order chi connectivity index (χ0) is 15.3. The van der Waals surface area contributed by atoms with E-state index in [1.54, 1.807) is 0 Å². The van der Waals surface area contributed by atoms with Crippen molar-refractivity contribution < 1.29 is 5.11 Å². The molecule has 1 aromatic rings. The minimum Gasteiger partial charge on any atom is -0.393 e. The number of nitrogens with one attached hydrogen (secondary N) is 1. The molecule has 0 aromatic heterocycles. The molecule has 1 aliphatic carbocycles. The Bertz CT molecular complexity index is 416. The highest BCUT2D eigenvalue weighted by Crippen LogP contribution is 2.27. The maximum absolute atomic E-state index is 9.46. The van der Waals surface area contributed by atoms with Gasteiger partial charge in [0.1, 0.15) is 0 Å². The van der Waals surface area contributed by atoms with Crippen molar-refractivity contribution in [3.8, 4) is 0 Å². The standard InChI is InChI=1S/C18H30N2O/c1-15(21)11-12-20(3)14-18(2,13-19-17-9-10-17)16-7-5-4-6-8-16/h4-8,15,17,19,21H,9-14H2,1-3H3. The third kappa shape index (κ3) is 5.42. The summed E-state index contributed by atoms with van der Waals surface area (Å²) in [4.78, 5) is 2.34. The van der Waals surface area contributed by atoms with Crippen LogP contribution in [0.25, 0.3) is 0 Å². The fourth-order valence-electron chi connectivity index (χ4n) is 2.83. The van der Waals surface area contributed by atoms with Gasteiger partial charge in [0.15, 0.2) is 0 Å². The highest BCUT2D eigenvalue weighted by atomic mass is 16.3. The van der Waals surface area contributed by atoms with Gasteiger partial charge in [-0.3, -0.25) is 0 Å². The van der Waals surface area contributed by atoms with E-state index < -0.39 is 0 Å². The van der Waals surface area contributed by atoms with E-state index in [2.05, 4.69) is 54.5 Å². The highest BCUT2D eigenvalue weighted by Gasteiger charge is 2.31. The average Bonchev–Trinajstić information content (AvgIpc) is 3.28. The number of rotatable bonds is 9. The number of aliphatic hydroxyl groups is 1. The van der Waals surface area contributed by atoms with Gasteiger partial charge in [0.25, 0.3) is 0 Å². The van der Waals surface area contributed by atoms with Crippen LogP contribution >= 0.6 is 0 Å². The normalized spacial score (nSPS) is 19.5. The Balaban J connectivity index is 2.00. The van der Waals surface area contributed by atoms with Crippen LogP contribution in [0.1, 0.15) is 38.7 Å². The molecular formula is C18H30N2O. The molecule has 0 heterocycles. The van der Waals surface area contributed by atoms with Gasteiger partial charge in [-0.2, -0.15) is 0 Å². The molecule has 21 heavy (non-hydrogen) atoms. The molecule has 2 unspecified atom stereocenters. The van der Waals surface area contributed by atoms with Crippen molar-refractivity contribution in [2.75, 3.05) is 26.7 Å². The summed E-state index contributed by atoms with van der Waals surface area (Å²) in [6.45, 7) is 7.16. The predicted molar refractivity (Wildman–Crippen MR) is 88.6 cm³/mol. The Morgan fingerprint density at radius 1 is 1.33 bits per heavy atom. The first-order valence-electron chi connectivity index (χ1n) is 8.15. The first kappa shape index (κ1) is 16.5. The fraction of sp³-hybridized carbons (Fsp3) is 0.667. The van der Waals surface area contributed by atoms with E-state index in [1.165, 1.54) is 18.4 Å². The number of likely N-dealkylation sites (N-methyl/N-ethyl adjacent to an activating group) is 1. The lowest BCUT2D eigenvalue weighted by molar-refractivity contribution is 0.155. The van der Waals surface area contributed by atoms with Crippen LogP contribution in [0.15, 0.2) is 30.3 Å². The molecule has 3 heteroatoms. The van der Waals surface area contributed by atoms with Crippen LogP contribution in [0.4, 0.5) is 0 Å². The summed E-state index contributed by atoms with van der Waals surface area (Å²) in [6.07, 6.45) is 3.25. The molecule has 1 fully saturated rings. The van der Waals surface area contributed by atoms with Gasteiger partial charge in [-0.1, -0.05) is 37.3 Å². The van der Waals surface area contributed by atoms with Crippen molar-refractivity contribution in [3.05, 3.63) is 35.9 Å². The molecule has 2 atom stereocenters. The first-order chi connectivity index (χ1) is 9.99. The summed E-state index contributed by atoms with van der Waals surface area (Å²) in [5, 5.41) is 13.2. The van der Waals surface area contributed by atoms with Crippen LogP contribution in [0.5, 0.6) is 0 Å². The zero-order valence-electron chi connectivity index (χ0n) is 13.7. The smallest absolute Gasteiger partial charge is 0.0524 e. The number of nitrogens with zero attached hydrogens (tertiary/aromatic N) is 1. The summed E-state index contributed by atoms with van der Waals surface area (Å²) in [5.74, 6) is 0. The van der Waals surface area contributed by atoms with Gasteiger partial charge in [0.2, 0.25) is 0 Å². The lowest BCUT2D eigenvalue weighted by atomic mass is 9.81. The van der Waals surface area contributed by atoms with Crippen molar-refractivity contribution in [3.63, 3.8) is 0 Å². The third-order valence-electron chi connectivity index (χ3n) is 4.38. The van der Waals surface area contributed by atoms with E-state index in [-0.39, 0.29) is 11.5 Å². The molecule has 1 saturated carbocycles. The van der Waals surface area contributed by atoms with Gasteiger partial charge in [0.05, 0.1) is 6.10 Å². The maximum atomic E-state index is 9.46. The van der Waals surface area contributed by atoms with E-state index in [0.717, 1.165) is 32.1 Å². The number of benzene rings is 1. The second-order valence-electron chi connectivity index (χ2n) is 6.96. The predicted octanol–water partition coefficient (Wildman–Crippen LogP) is 2.40. The van der Waals surface area contributed by atoms with Crippen molar-refractivity contribution >= 4 is 0 Å². The van der Waals surface area contributed by atoms with Crippen LogP contribution in [-0.2, 0) is 5.41 Å². The van der Waals surface area contributed by atoms with Gasteiger partial charge in [-0.05, 0) is 38.8 Å². The summed E-state index contributed by atoms with van der Waals surface area (Å²) < 4.78 is 0. The van der Waals surface area contributed by atoms with Crippen LogP contribution in [-0.4, -0.2) is 48.8 Å². The number of hydrogen-bond donors (Lipinski definition) is 2. The van der Waals surface area contributed by atoms with E-state index in [9.17, 15) is 5.11 Å². The molecular weight excluding hydrogens is 260 g/mol. The Labute approximate surface area is 129 Å². The molecule has 0 bridgehead atoms. The lowest BCUT2D eigenvalue weighted by Crippen LogP contribution is -2.45. The van der Waals surface area contributed by atoms with E-state index in [1.807, 2.05) is 6.92 Å². The molecule has 0 aliphatic heterocycles. The largest absolute Gasteiger partial charge is 0.393 e. The van der Waals surface area contributed by atoms with Gasteiger partial charge >= 0.3 is 0 Å². The second kappa shape index (κ2) is 7.39. The Kier molecular flexibility index (Phi) is 5.80. The Morgan fingerprint density at radius 2 is 2.00 bits per heavy atom. The molecule has 0 radical (unpaired) electrons. The van der Waals surface area contributed by atoms with Gasteiger partial charge in [-0.15, -0.1) is 0 Å². The molecule has 3 nitrogen and oxygen atoms in total. The quantitative estimate of drug-likeness (QED) is 0.733. The number of hydrogen-bond acceptors (Lipinski definition) is 3. The van der Waals surface area contributed by atoms with Gasteiger partial charge in [-0.25, -0.2) is 0 Å². The van der Waals surface area contributed by atoms with Crippen molar-refractivity contribution in [2.45, 2.75) is 50.7 Å². The summed E-state index contributed by atoms with van der Waals surface area (Å²) >= 11 is 0. The van der Waals surface area contributed by atoms with Crippen LogP contribution in [0.2, 0.25) is 0 Å². The fourth-order valence-corrected chi connectivity index (χ4v) is 2.83. The zero-order valence-corrected chi connectivity index (χ0v) is 13.7. The summed E-state index contributed by atoms with van der Waals surface area (Å²) in [5.41, 5.74) is 1.50. The number of aliphatic hydroxyl groups excluding tert-OH is 1. The molecule has 1 aromatic carbocycles. The van der Waals surface area contributed by atoms with Gasteiger partial charge in [0, 0.05) is 31.1 Å². The maximum Gasteiger partial charge on any atom is 0.0524 e. The van der Waals surface area contributed by atoms with Crippen molar-refractivity contribution in [1.82, 2.24) is 10.2 Å². The monoisotopic (exact) mass is 290 g/mol. The summed E-state index contributed by atoms with van der Waals surface area (Å²) in [7, 11) is 2.15. The molecule has 2 N–H and O–H groups in total. The molecule has 2 rings (SSSR count). The Morgan fingerprint density at radius 3 is 2.57 bits per heavy atom. The molecule has 0 saturated heterocycles. The van der Waals surface area contributed by atoms with Crippen molar-refractivity contribution in [2.24, 2.45) is 0 Å². The SMILES string of the molecule is CC(O)CCN(C)CC(C)(CNC1CC1)c1ccccc1. The highest BCUT2D eigenvalue weighted by molar-refractivity contribution is 5.25. The van der Waals surface area contributed by atoms with Crippen LogP contribution < -0.4 is 5.32 Å². The molecule has 118 valence electrons. The van der Waals surface area contributed by atoms with Crippen LogP contribution in [0, 0.1) is 0 Å². The summed E-state index contributed by atoms with van der Waals surface area (Å²) in [6, 6.07) is 11.5. The Hall–Kier alpha value is -0.900. The van der Waals surface area contributed by atoms with Crippen molar-refractivity contribution in [1.29, 1.82) is 0 Å². The topological polar surface area (TPSA) is 35.5 Å². The van der Waals surface area contributed by atoms with Gasteiger partial charge < -0.3 is 15.3 Å². The van der Waals surface area contributed by atoms with Crippen LogP contribution in [0.3, 0.4) is 0 Å². The van der Waals surface area contributed by atoms with E-state index in [4.69, 9.17) is 0 Å². The van der Waals surface area contributed by atoms with E-state index in [0.29, 0.717) is 0 Å². The van der Waals surface area contributed by atoms with E-state index >= 15 is 0 Å². The molecule has 0 amide bonds. The lowest BCUT2D eigenvalue weighted by Gasteiger charge is -2.35.